The molecule has 3 N–H and O–H groups in total. The Labute approximate surface area is 430 Å². The van der Waals surface area contributed by atoms with Crippen LogP contribution in [0, 0.1) is 0 Å². The third-order valence-corrected chi connectivity index (χ3v) is 17.1. The van der Waals surface area contributed by atoms with E-state index in [-0.39, 0.29) is 53.5 Å². The second-order valence-electron chi connectivity index (χ2n) is 19.4. The molecule has 16 heteroatoms. The number of ether oxygens (including phenoxy) is 4. The standard InChI is InChI=1S/C56H64N6O8S2/c1-7-57-31-42(63)15-12-20-71-72-56(2,3)19-18-53(64)59-39-22-35(33-69-51-28-45-43(26-49(51)67-5)54(65)61-40(30-58-45)24-37-13-8-10-16-46(37)61)21-36(23-39)34-70-52-29-48-44(27-50(52)68-6)55(66)62-41(32-60(48)4)25-38-14-9-11-17-47(38)62/h8-11,13-14,16-17,21-23,26-29,40-41,57-58H,7,12,15,18-20,24-25,30-34H2,1-6H3,(H,59,64)/t40-,41-/m0/s1. The summed E-state index contributed by atoms with van der Waals surface area (Å²) < 4.78 is 24.6. The summed E-state index contributed by atoms with van der Waals surface area (Å²) in [5.41, 5.74) is 8.77. The number of likely N-dealkylation sites (N-methyl/N-ethyl adjacent to an activating group) is 2. The molecule has 0 saturated carbocycles. The van der Waals surface area contributed by atoms with Crippen LogP contribution < -0.4 is 49.6 Å². The van der Waals surface area contributed by atoms with E-state index in [0.717, 1.165) is 70.9 Å². The summed E-state index contributed by atoms with van der Waals surface area (Å²) in [7, 11) is 8.61. The minimum absolute atomic E-state index is 0.00791. The van der Waals surface area contributed by atoms with Crippen molar-refractivity contribution < 1.29 is 38.1 Å². The van der Waals surface area contributed by atoms with Crippen LogP contribution in [-0.4, -0.2) is 93.5 Å². The number of hydrogen-bond donors (Lipinski definition) is 3. The van der Waals surface area contributed by atoms with E-state index in [9.17, 15) is 19.2 Å². The first kappa shape index (κ1) is 50.6. The van der Waals surface area contributed by atoms with Gasteiger partial charge in [-0.1, -0.05) is 64.9 Å². The van der Waals surface area contributed by atoms with Crippen LogP contribution in [0.1, 0.15) is 89.4 Å². The second-order valence-corrected chi connectivity index (χ2v) is 22.5. The van der Waals surface area contributed by atoms with Gasteiger partial charge in [-0.05, 0) is 111 Å². The van der Waals surface area contributed by atoms with Gasteiger partial charge in [0.15, 0.2) is 23.0 Å². The van der Waals surface area contributed by atoms with Gasteiger partial charge in [0.1, 0.15) is 19.0 Å². The Kier molecular flexibility index (Phi) is 15.6. The third-order valence-electron chi connectivity index (χ3n) is 13.7. The topological polar surface area (TPSA) is 151 Å². The lowest BCUT2D eigenvalue weighted by Crippen LogP contribution is -2.41. The fourth-order valence-electron chi connectivity index (χ4n) is 10.0. The van der Waals surface area contributed by atoms with Crippen LogP contribution in [0.25, 0.3) is 0 Å². The van der Waals surface area contributed by atoms with Gasteiger partial charge in [0.05, 0.1) is 55.3 Å². The number of benzene rings is 5. The van der Waals surface area contributed by atoms with E-state index in [4.69, 9.17) is 18.9 Å². The fraction of sp³-hybridized carbons (Fsp3) is 0.393. The van der Waals surface area contributed by atoms with E-state index in [1.807, 2.05) is 90.5 Å². The van der Waals surface area contributed by atoms with E-state index in [0.29, 0.717) is 84.4 Å². The Morgan fingerprint density at radius 2 is 1.36 bits per heavy atom. The van der Waals surface area contributed by atoms with Crippen LogP contribution in [-0.2, 0) is 35.6 Å². The first-order chi connectivity index (χ1) is 34.8. The Bertz CT molecular complexity index is 2860. The van der Waals surface area contributed by atoms with Gasteiger partial charge < -0.3 is 49.6 Å². The van der Waals surface area contributed by atoms with Gasteiger partial charge in [0, 0.05) is 72.7 Å². The molecule has 0 bridgehead atoms. The first-order valence-corrected chi connectivity index (χ1v) is 27.1. The normalized spacial score (nSPS) is 16.6. The number of carbonyl (C=O) groups excluding carboxylic acids is 4. The summed E-state index contributed by atoms with van der Waals surface area (Å²) in [6, 6.07) is 29.1. The molecule has 0 spiro atoms. The highest BCUT2D eigenvalue weighted by atomic mass is 33.1. The van der Waals surface area contributed by atoms with Crippen molar-refractivity contribution in [1.82, 2.24) is 5.32 Å². The lowest BCUT2D eigenvalue weighted by Gasteiger charge is -2.25. The Hall–Kier alpha value is -6.36. The monoisotopic (exact) mass is 1010 g/mol. The van der Waals surface area contributed by atoms with Gasteiger partial charge in [0.2, 0.25) is 5.91 Å². The third kappa shape index (κ3) is 11.2. The van der Waals surface area contributed by atoms with E-state index in [1.54, 1.807) is 47.9 Å². The molecule has 0 radical (unpaired) electrons. The van der Waals surface area contributed by atoms with E-state index in [2.05, 4.69) is 46.8 Å². The minimum atomic E-state index is -0.177. The maximum atomic E-state index is 14.3. The minimum Gasteiger partial charge on any atom is -0.493 e. The number of Topliss-reactive ketones (excluding diaryl/α,β-unsaturated/α-hetero) is 1. The Balaban J connectivity index is 0.926. The lowest BCUT2D eigenvalue weighted by atomic mass is 10.1. The van der Waals surface area contributed by atoms with Crippen molar-refractivity contribution in [2.45, 2.75) is 89.3 Å². The zero-order chi connectivity index (χ0) is 50.5. The van der Waals surface area contributed by atoms with Crippen LogP contribution in [0.4, 0.5) is 28.4 Å². The van der Waals surface area contributed by atoms with Crippen molar-refractivity contribution in [2.75, 3.05) is 78.5 Å². The smallest absolute Gasteiger partial charge is 0.260 e. The Morgan fingerprint density at radius 1 is 0.750 bits per heavy atom. The number of para-hydroxylation sites is 2. The van der Waals surface area contributed by atoms with Crippen molar-refractivity contribution in [3.63, 3.8) is 0 Å². The summed E-state index contributed by atoms with van der Waals surface area (Å²) >= 11 is 0. The molecule has 0 saturated heterocycles. The summed E-state index contributed by atoms with van der Waals surface area (Å²) in [4.78, 5) is 60.1. The molecule has 0 aliphatic carbocycles. The number of nitrogens with one attached hydrogen (secondary N) is 3. The predicted octanol–water partition coefficient (Wildman–Crippen LogP) is 9.72. The van der Waals surface area contributed by atoms with Gasteiger partial charge in [-0.25, -0.2) is 0 Å². The largest absolute Gasteiger partial charge is 0.493 e. The summed E-state index contributed by atoms with van der Waals surface area (Å²) in [5, 5.41) is 9.75. The van der Waals surface area contributed by atoms with Crippen molar-refractivity contribution in [3.8, 4) is 23.0 Å². The first-order valence-electron chi connectivity index (χ1n) is 24.8. The van der Waals surface area contributed by atoms with Gasteiger partial charge >= 0.3 is 0 Å². The Morgan fingerprint density at radius 3 is 2.03 bits per heavy atom. The number of hydrogen-bond acceptors (Lipinski definition) is 13. The molecule has 3 amide bonds. The number of methoxy groups -OCH3 is 2. The van der Waals surface area contributed by atoms with Crippen molar-refractivity contribution in [3.05, 3.63) is 124 Å². The molecule has 4 aliphatic heterocycles. The van der Waals surface area contributed by atoms with Gasteiger partial charge in [-0.2, -0.15) is 0 Å². The number of anilines is 5. The summed E-state index contributed by atoms with van der Waals surface area (Å²) in [6.45, 7) is 8.91. The molecule has 0 fully saturated rings. The second kappa shape index (κ2) is 22.2. The van der Waals surface area contributed by atoms with Crippen molar-refractivity contribution in [2.24, 2.45) is 0 Å². The summed E-state index contributed by atoms with van der Waals surface area (Å²) in [6.07, 6.45) is 3.88. The zero-order valence-corrected chi connectivity index (χ0v) is 43.6. The average Bonchev–Trinajstić information content (AvgIpc) is 3.88. The van der Waals surface area contributed by atoms with Crippen LogP contribution in [0.3, 0.4) is 0 Å². The lowest BCUT2D eigenvalue weighted by molar-refractivity contribution is -0.118. The zero-order valence-electron chi connectivity index (χ0n) is 41.9. The fourth-order valence-corrected chi connectivity index (χ4v) is 12.7. The van der Waals surface area contributed by atoms with E-state index in [1.165, 1.54) is 0 Å². The number of ketones is 1. The number of fused-ring (bicyclic) bond motifs is 8. The molecule has 0 unspecified atom stereocenters. The molecular formula is C56H64N6O8S2. The van der Waals surface area contributed by atoms with E-state index >= 15 is 0 Å². The highest BCUT2D eigenvalue weighted by molar-refractivity contribution is 8.77. The van der Waals surface area contributed by atoms with Gasteiger partial charge in [-0.15, -0.1) is 0 Å². The molecule has 4 aliphatic rings. The van der Waals surface area contributed by atoms with Crippen molar-refractivity contribution >= 4 is 73.5 Å². The van der Waals surface area contributed by atoms with Crippen LogP contribution in [0.15, 0.2) is 91.0 Å². The molecule has 5 aromatic carbocycles. The highest BCUT2D eigenvalue weighted by Crippen LogP contribution is 2.44. The van der Waals surface area contributed by atoms with Gasteiger partial charge in [0.25, 0.3) is 11.8 Å². The molecule has 0 aromatic heterocycles. The number of nitrogens with zero attached hydrogens (tertiary/aromatic N) is 3. The molecule has 14 nitrogen and oxygen atoms in total. The maximum absolute atomic E-state index is 14.3. The van der Waals surface area contributed by atoms with Crippen LogP contribution in [0.5, 0.6) is 23.0 Å². The number of rotatable bonds is 21. The summed E-state index contributed by atoms with van der Waals surface area (Å²) in [5.74, 6) is 2.58. The maximum Gasteiger partial charge on any atom is 0.260 e. The molecule has 378 valence electrons. The molecule has 72 heavy (non-hydrogen) atoms. The van der Waals surface area contributed by atoms with Gasteiger partial charge in [-0.3, -0.25) is 19.2 Å². The molecular weight excluding hydrogens is 949 g/mol. The predicted molar refractivity (Wildman–Crippen MR) is 289 cm³/mol. The molecule has 4 heterocycles. The van der Waals surface area contributed by atoms with Crippen LogP contribution in [0.2, 0.25) is 0 Å². The molecule has 5 aromatic rings. The number of carbonyl (C=O) groups is 4. The SMILES string of the molecule is CCNCC(=O)CCCSSC(C)(C)CCC(=O)Nc1cc(COc2cc3c(cc2OC)C(=O)N2c4ccccc4C[C@H]2CN3)cc(COc2cc3c(cc2OC)C(=O)N2c4ccccc4C[C@H]2CN3C)c1. The van der Waals surface area contributed by atoms with Crippen LogP contribution >= 0.6 is 21.6 Å². The quantitative estimate of drug-likeness (QED) is 0.0473. The average molecular weight is 1010 g/mol. The number of amides is 3. The van der Waals surface area contributed by atoms with Crippen molar-refractivity contribution in [1.29, 1.82) is 0 Å². The van der Waals surface area contributed by atoms with E-state index < -0.39 is 0 Å². The molecule has 9 rings (SSSR count). The highest BCUT2D eigenvalue weighted by Gasteiger charge is 2.40. The molecule has 2 atom stereocenters.